The Morgan fingerprint density at radius 3 is 1.27 bits per heavy atom. The number of primary amides is 2. The maximum atomic E-state index is 14.4. The van der Waals surface area contributed by atoms with E-state index in [4.69, 9.17) is 40.1 Å². The summed E-state index contributed by atoms with van der Waals surface area (Å²) in [5.74, 6) is -11.3. The second-order valence-electron chi connectivity index (χ2n) is 17.8. The highest BCUT2D eigenvalue weighted by atomic mass is 16.4. The van der Waals surface area contributed by atoms with Crippen LogP contribution in [0.25, 0.3) is 0 Å². The number of nitrogens with zero attached hydrogens (tertiary/aromatic N) is 2. The highest BCUT2D eigenvalue weighted by molar-refractivity contribution is 5.99. The van der Waals surface area contributed by atoms with Crippen LogP contribution in [0.1, 0.15) is 69.9 Å². The molecule has 2 aromatic rings. The molecule has 0 spiro atoms. The maximum Gasteiger partial charge on any atom is 0.305 e. The van der Waals surface area contributed by atoms with Crippen molar-refractivity contribution in [3.05, 3.63) is 71.8 Å². The van der Waals surface area contributed by atoms with Crippen LogP contribution in [0.15, 0.2) is 70.6 Å². The van der Waals surface area contributed by atoms with Gasteiger partial charge in [0.25, 0.3) is 0 Å². The average molecular weight is 1050 g/mol. The van der Waals surface area contributed by atoms with Crippen LogP contribution in [0.4, 0.5) is 0 Å². The van der Waals surface area contributed by atoms with Crippen molar-refractivity contribution >= 4 is 71.1 Å². The molecule has 2 aromatic carbocycles. The molecule has 9 amide bonds. The number of benzene rings is 2. The number of amides is 9. The Morgan fingerprint density at radius 1 is 0.493 bits per heavy atom. The number of carbonyl (C=O) groups excluding carboxylic acids is 9. The fourth-order valence-corrected chi connectivity index (χ4v) is 7.17. The first-order chi connectivity index (χ1) is 35.4. The number of hydrogen-bond acceptors (Lipinski definition) is 14. The van der Waals surface area contributed by atoms with E-state index in [9.17, 15) is 58.2 Å². The number of rotatable bonds is 34. The smallest absolute Gasteiger partial charge is 0.305 e. The first-order valence-corrected chi connectivity index (χ1v) is 23.9. The van der Waals surface area contributed by atoms with Crippen molar-refractivity contribution in [1.82, 2.24) is 37.2 Å². The van der Waals surface area contributed by atoms with Gasteiger partial charge < -0.3 is 87.6 Å². The number of carboxylic acids is 1. The van der Waals surface area contributed by atoms with Crippen LogP contribution in [-0.2, 0) is 60.8 Å². The summed E-state index contributed by atoms with van der Waals surface area (Å²) in [6, 6.07) is 4.89. The van der Waals surface area contributed by atoms with Gasteiger partial charge in [-0.15, -0.1) is 0 Å². The van der Waals surface area contributed by atoms with E-state index in [2.05, 4.69) is 47.2 Å². The molecule has 2 rings (SSSR count). The van der Waals surface area contributed by atoms with E-state index < -0.39 is 127 Å². The minimum absolute atomic E-state index is 0.00423. The topological polar surface area (TPSA) is 502 Å². The molecule has 0 saturated carbocycles. The molecule has 0 heterocycles. The van der Waals surface area contributed by atoms with Gasteiger partial charge in [0.05, 0.1) is 19.4 Å². The lowest BCUT2D eigenvalue weighted by atomic mass is 9.99. The Bertz CT molecular complexity index is 2310. The molecule has 0 radical (unpaired) electrons. The van der Waals surface area contributed by atoms with Crippen molar-refractivity contribution in [1.29, 1.82) is 0 Å². The van der Waals surface area contributed by atoms with Crippen LogP contribution in [-0.4, -0.2) is 149 Å². The number of hydrogen-bond donors (Lipinski definition) is 16. The molecule has 0 saturated heterocycles. The molecule has 8 atom stereocenters. The second-order valence-corrected chi connectivity index (χ2v) is 17.8. The Morgan fingerprint density at radius 2 is 0.853 bits per heavy atom. The summed E-state index contributed by atoms with van der Waals surface area (Å²) in [7, 11) is 0. The van der Waals surface area contributed by atoms with Crippen molar-refractivity contribution in [3.8, 4) is 0 Å². The molecule has 0 unspecified atom stereocenters. The van der Waals surface area contributed by atoms with Gasteiger partial charge in [-0.25, -0.2) is 0 Å². The molecular weight excluding hydrogens is 981 g/mol. The zero-order chi connectivity index (χ0) is 56.2. The van der Waals surface area contributed by atoms with E-state index in [1.165, 1.54) is 0 Å². The van der Waals surface area contributed by atoms with Gasteiger partial charge in [-0.2, -0.15) is 0 Å². The Hall–Kier alpha value is -8.40. The molecule has 23 N–H and O–H groups in total. The van der Waals surface area contributed by atoms with E-state index in [0.29, 0.717) is 11.1 Å². The average Bonchev–Trinajstić information content (AvgIpc) is 3.34. The minimum atomic E-state index is -1.82. The van der Waals surface area contributed by atoms with Gasteiger partial charge in [-0.3, -0.25) is 57.9 Å². The lowest BCUT2D eigenvalue weighted by molar-refractivity contribution is -0.141. The van der Waals surface area contributed by atoms with Crippen molar-refractivity contribution < 1.29 is 58.2 Å². The molecular formula is C47H72N16O12. The highest BCUT2D eigenvalue weighted by Crippen LogP contribution is 2.12. The zero-order valence-electron chi connectivity index (χ0n) is 41.9. The summed E-state index contributed by atoms with van der Waals surface area (Å²) >= 11 is 0. The third-order valence-corrected chi connectivity index (χ3v) is 10.9. The predicted octanol–water partition coefficient (Wildman–Crippen LogP) is -5.83. The van der Waals surface area contributed by atoms with Crippen LogP contribution in [0.3, 0.4) is 0 Å². The minimum Gasteiger partial charge on any atom is -0.481 e. The normalized spacial score (nSPS) is 14.0. The van der Waals surface area contributed by atoms with Gasteiger partial charge >= 0.3 is 5.97 Å². The Balaban J connectivity index is 2.51. The molecule has 28 nitrogen and oxygen atoms in total. The van der Waals surface area contributed by atoms with Crippen LogP contribution >= 0.6 is 0 Å². The SMILES string of the molecule is CC(C)C[C@H](NC(=O)[C@H](Cc1ccccc1)NC(=O)[C@H](CC(N)=O)NC(=O)[C@H](CCCN=C(N)N)NC(=O)[C@H](CC(=O)O)NC(=O)[C@@H](N)CO)C(=O)N[C@@H](CCCN=C(N)N)C(=O)N[C@@H](Cc1ccccc1)C(N)=O. The van der Waals surface area contributed by atoms with E-state index in [1.807, 2.05) is 0 Å². The van der Waals surface area contributed by atoms with Crippen LogP contribution in [0, 0.1) is 5.92 Å². The number of aliphatic hydroxyl groups is 1. The number of carboxylic acid groups (broad SMARTS) is 1. The standard InChI is InChI=1S/C47H72N16O12/c1-25(2)19-32(42(72)57-29(15-9-17-55-46(51)52)40(70)59-31(38(50)68)20-26-11-5-3-6-12-26)61-43(73)33(21-27-13-7-4-8-14-27)62-44(74)34(22-36(49)65)63-41(71)30(16-10-18-56-47(53)54)58-45(75)35(23-37(66)67)60-39(69)28(48)24-64/h3-8,11-14,25,28-35,64H,9-10,15-24,48H2,1-2H3,(H2,49,65)(H2,50,68)(H,57,72)(H,58,75)(H,59,70)(H,60,69)(H,61,73)(H,62,74)(H,63,71)(H,66,67)(H4,51,52,55)(H4,53,54,56)/t28-,29-,30-,31-,32-,33-,34-,35-/m0/s1. The molecule has 412 valence electrons. The summed E-state index contributed by atoms with van der Waals surface area (Å²) in [4.78, 5) is 141. The quantitative estimate of drug-likeness (QED) is 0.0176. The van der Waals surface area contributed by atoms with E-state index >= 15 is 0 Å². The lowest BCUT2D eigenvalue weighted by Gasteiger charge is -2.28. The van der Waals surface area contributed by atoms with Crippen molar-refractivity contribution in [2.24, 2.45) is 56.0 Å². The lowest BCUT2D eigenvalue weighted by Crippen LogP contribution is -2.61. The van der Waals surface area contributed by atoms with Gasteiger partial charge in [-0.05, 0) is 49.1 Å². The summed E-state index contributed by atoms with van der Waals surface area (Å²) in [5, 5.41) is 36.0. The number of carbonyl (C=O) groups is 10. The highest BCUT2D eigenvalue weighted by Gasteiger charge is 2.35. The predicted molar refractivity (Wildman–Crippen MR) is 273 cm³/mol. The summed E-state index contributed by atoms with van der Waals surface area (Å²) in [5.41, 5.74) is 39.7. The molecule has 0 aromatic heterocycles. The van der Waals surface area contributed by atoms with Gasteiger partial charge in [-0.1, -0.05) is 74.5 Å². The molecule has 28 heteroatoms. The van der Waals surface area contributed by atoms with E-state index in [-0.39, 0.29) is 75.9 Å². The number of aliphatic imine (C=N–C) groups is 2. The van der Waals surface area contributed by atoms with Crippen LogP contribution in [0.5, 0.6) is 0 Å². The van der Waals surface area contributed by atoms with Gasteiger partial charge in [0, 0.05) is 25.9 Å². The summed E-state index contributed by atoms with van der Waals surface area (Å²) in [6.45, 7) is 2.67. The number of nitrogens with one attached hydrogen (secondary N) is 7. The second kappa shape index (κ2) is 32.6. The van der Waals surface area contributed by atoms with E-state index in [1.54, 1.807) is 74.5 Å². The molecule has 0 aliphatic rings. The largest absolute Gasteiger partial charge is 0.481 e. The zero-order valence-corrected chi connectivity index (χ0v) is 41.9. The van der Waals surface area contributed by atoms with E-state index in [0.717, 1.165) is 0 Å². The Kier molecular flexibility index (Phi) is 27.3. The molecule has 75 heavy (non-hydrogen) atoms. The summed E-state index contributed by atoms with van der Waals surface area (Å²) < 4.78 is 0. The van der Waals surface area contributed by atoms with Crippen LogP contribution in [0.2, 0.25) is 0 Å². The van der Waals surface area contributed by atoms with Crippen molar-refractivity contribution in [3.63, 3.8) is 0 Å². The fourth-order valence-electron chi connectivity index (χ4n) is 7.17. The van der Waals surface area contributed by atoms with Gasteiger partial charge in [0.2, 0.25) is 53.2 Å². The van der Waals surface area contributed by atoms with Crippen LogP contribution < -0.4 is 77.4 Å². The fraction of sp³-hybridized carbons (Fsp3) is 0.489. The van der Waals surface area contributed by atoms with Gasteiger partial charge in [0.1, 0.15) is 48.3 Å². The Labute approximate surface area is 432 Å². The van der Waals surface area contributed by atoms with Gasteiger partial charge in [0.15, 0.2) is 11.9 Å². The number of guanidine groups is 2. The maximum absolute atomic E-state index is 14.4. The molecule has 0 fully saturated rings. The third-order valence-electron chi connectivity index (χ3n) is 10.9. The number of aliphatic hydroxyl groups excluding tert-OH is 1. The van der Waals surface area contributed by atoms with Crippen molar-refractivity contribution in [2.45, 2.75) is 120 Å². The first kappa shape index (κ1) is 62.7. The number of nitrogens with two attached hydrogens (primary N) is 7. The molecule has 0 bridgehead atoms. The monoisotopic (exact) mass is 1050 g/mol. The molecule has 0 aliphatic carbocycles. The number of aliphatic carboxylic acids is 1. The van der Waals surface area contributed by atoms with Crippen molar-refractivity contribution in [2.75, 3.05) is 19.7 Å². The third kappa shape index (κ3) is 24.7. The molecule has 0 aliphatic heterocycles. The first-order valence-electron chi connectivity index (χ1n) is 23.9. The summed E-state index contributed by atoms with van der Waals surface area (Å²) in [6.07, 6.45) is -2.12.